The van der Waals surface area contributed by atoms with Crippen molar-refractivity contribution >= 4 is 40.6 Å². The Balaban J connectivity index is 2.31. The van der Waals surface area contributed by atoms with Gasteiger partial charge in [-0.3, -0.25) is 14.7 Å². The van der Waals surface area contributed by atoms with Gasteiger partial charge in [-0.1, -0.05) is 29.3 Å². The topological polar surface area (TPSA) is 74.8 Å². The Bertz CT molecular complexity index is 632. The summed E-state index contributed by atoms with van der Waals surface area (Å²) in [6.45, 7) is 1.37. The molecular weight excluding hydrogens is 289 g/mol. The Morgan fingerprint density at radius 2 is 1.89 bits per heavy atom. The maximum absolute atomic E-state index is 12.1. The highest BCUT2D eigenvalue weighted by molar-refractivity contribution is 6.40. The zero-order valence-electron chi connectivity index (χ0n) is 9.83. The summed E-state index contributed by atoms with van der Waals surface area (Å²) < 4.78 is 0. The Labute approximate surface area is 118 Å². The van der Waals surface area contributed by atoms with Crippen molar-refractivity contribution in [1.29, 1.82) is 0 Å². The van der Waals surface area contributed by atoms with Crippen LogP contribution in [0, 0.1) is 0 Å². The molecule has 0 saturated carbocycles. The van der Waals surface area contributed by atoms with Gasteiger partial charge in [0.15, 0.2) is 5.78 Å². The summed E-state index contributed by atoms with van der Waals surface area (Å²) in [5.74, 6) is -0.738. The van der Waals surface area contributed by atoms with E-state index in [1.165, 1.54) is 13.1 Å². The number of carbonyl (C=O) groups excluding carboxylic acids is 2. The number of rotatable bonds is 3. The molecule has 1 heterocycles. The molecule has 0 spiro atoms. The second-order valence-corrected chi connectivity index (χ2v) is 4.58. The minimum atomic E-state index is -0.500. The summed E-state index contributed by atoms with van der Waals surface area (Å²) in [4.78, 5) is 23.4. The summed E-state index contributed by atoms with van der Waals surface area (Å²) in [5.41, 5.74) is 0.659. The van der Waals surface area contributed by atoms with Crippen LogP contribution in [0.2, 0.25) is 10.0 Å². The number of amides is 1. The van der Waals surface area contributed by atoms with Gasteiger partial charge in [-0.05, 0) is 12.1 Å². The normalized spacial score (nSPS) is 10.3. The third-order valence-electron chi connectivity index (χ3n) is 2.43. The smallest absolute Gasteiger partial charge is 0.258 e. The van der Waals surface area contributed by atoms with E-state index in [-0.39, 0.29) is 32.8 Å². The van der Waals surface area contributed by atoms with E-state index in [0.29, 0.717) is 0 Å². The number of nitrogens with zero attached hydrogens (tertiary/aromatic N) is 1. The van der Waals surface area contributed by atoms with Crippen molar-refractivity contribution in [3.63, 3.8) is 0 Å². The number of benzene rings is 1. The minimum absolute atomic E-state index is 0.154. The zero-order chi connectivity index (χ0) is 14.0. The van der Waals surface area contributed by atoms with Crippen LogP contribution < -0.4 is 5.32 Å². The molecule has 2 aromatic rings. The Morgan fingerprint density at radius 1 is 1.26 bits per heavy atom. The molecule has 0 fully saturated rings. The van der Waals surface area contributed by atoms with Gasteiger partial charge in [0.1, 0.15) is 5.69 Å². The average Bonchev–Trinajstić information content (AvgIpc) is 2.76. The van der Waals surface area contributed by atoms with Gasteiger partial charge in [0.25, 0.3) is 5.91 Å². The first-order valence-electron chi connectivity index (χ1n) is 5.30. The summed E-state index contributed by atoms with van der Waals surface area (Å²) in [7, 11) is 0. The Morgan fingerprint density at radius 3 is 2.47 bits per heavy atom. The number of ketones is 1. The van der Waals surface area contributed by atoms with E-state index in [1.54, 1.807) is 18.2 Å². The third-order valence-corrected chi connectivity index (χ3v) is 3.06. The van der Waals surface area contributed by atoms with Gasteiger partial charge in [-0.15, -0.1) is 0 Å². The van der Waals surface area contributed by atoms with Crippen LogP contribution in [0.5, 0.6) is 0 Å². The first-order valence-corrected chi connectivity index (χ1v) is 6.06. The lowest BCUT2D eigenvalue weighted by Crippen LogP contribution is -2.14. The third kappa shape index (κ3) is 2.77. The van der Waals surface area contributed by atoms with Crippen molar-refractivity contribution in [3.05, 3.63) is 45.7 Å². The summed E-state index contributed by atoms with van der Waals surface area (Å²) in [6.07, 6.45) is 1.35. The molecule has 5 nitrogen and oxygen atoms in total. The SMILES string of the molecule is CC(=O)c1[nH]ncc1NC(=O)c1c(Cl)cccc1Cl. The fourth-order valence-electron chi connectivity index (χ4n) is 1.55. The van der Waals surface area contributed by atoms with Crippen LogP contribution in [0.15, 0.2) is 24.4 Å². The van der Waals surface area contributed by atoms with Crippen LogP contribution in [-0.2, 0) is 0 Å². The number of hydrogen-bond donors (Lipinski definition) is 2. The monoisotopic (exact) mass is 297 g/mol. The van der Waals surface area contributed by atoms with Crippen molar-refractivity contribution < 1.29 is 9.59 Å². The number of H-pyrrole nitrogens is 1. The number of Topliss-reactive ketones (excluding diaryl/α,β-unsaturated/α-hetero) is 1. The molecule has 1 aromatic carbocycles. The lowest BCUT2D eigenvalue weighted by Gasteiger charge is -2.07. The van der Waals surface area contributed by atoms with Crippen LogP contribution in [0.3, 0.4) is 0 Å². The number of aromatic amines is 1. The largest absolute Gasteiger partial charge is 0.319 e. The fraction of sp³-hybridized carbons (Fsp3) is 0.0833. The molecule has 0 atom stereocenters. The van der Waals surface area contributed by atoms with Crippen molar-refractivity contribution in [2.75, 3.05) is 5.32 Å². The van der Waals surface area contributed by atoms with Gasteiger partial charge >= 0.3 is 0 Å². The number of aromatic nitrogens is 2. The summed E-state index contributed by atoms with van der Waals surface area (Å²) in [6, 6.07) is 4.76. The van der Waals surface area contributed by atoms with Gasteiger partial charge in [0.2, 0.25) is 0 Å². The molecule has 2 N–H and O–H groups in total. The molecule has 0 aliphatic carbocycles. The highest BCUT2D eigenvalue weighted by Gasteiger charge is 2.18. The van der Waals surface area contributed by atoms with E-state index in [0.717, 1.165) is 0 Å². The molecular formula is C12H9Cl2N3O2. The molecule has 0 bridgehead atoms. The van der Waals surface area contributed by atoms with Gasteiger partial charge in [-0.2, -0.15) is 5.10 Å². The van der Waals surface area contributed by atoms with Crippen LogP contribution in [-0.4, -0.2) is 21.9 Å². The molecule has 98 valence electrons. The number of hydrogen-bond acceptors (Lipinski definition) is 3. The van der Waals surface area contributed by atoms with Crippen molar-refractivity contribution in [2.45, 2.75) is 6.92 Å². The molecule has 0 unspecified atom stereocenters. The van der Waals surface area contributed by atoms with Gasteiger partial charge in [-0.25, -0.2) is 0 Å². The minimum Gasteiger partial charge on any atom is -0.319 e. The molecule has 7 heteroatoms. The molecule has 0 aliphatic rings. The van der Waals surface area contributed by atoms with Crippen LogP contribution >= 0.6 is 23.2 Å². The lowest BCUT2D eigenvalue weighted by atomic mass is 10.2. The number of nitrogens with one attached hydrogen (secondary N) is 2. The Hall–Kier alpha value is -1.85. The van der Waals surface area contributed by atoms with Gasteiger partial charge < -0.3 is 5.32 Å². The molecule has 19 heavy (non-hydrogen) atoms. The second kappa shape index (κ2) is 5.42. The average molecular weight is 298 g/mol. The molecule has 2 rings (SSSR count). The molecule has 1 amide bonds. The molecule has 0 radical (unpaired) electrons. The fourth-order valence-corrected chi connectivity index (χ4v) is 2.12. The quantitative estimate of drug-likeness (QED) is 0.855. The maximum Gasteiger partial charge on any atom is 0.258 e. The van der Waals surface area contributed by atoms with Crippen LogP contribution in [0.1, 0.15) is 27.8 Å². The number of anilines is 1. The van der Waals surface area contributed by atoms with Crippen molar-refractivity contribution in [1.82, 2.24) is 10.2 Å². The van der Waals surface area contributed by atoms with E-state index < -0.39 is 5.91 Å². The molecule has 1 aromatic heterocycles. The summed E-state index contributed by atoms with van der Waals surface area (Å²) >= 11 is 11.9. The highest BCUT2D eigenvalue weighted by atomic mass is 35.5. The van der Waals surface area contributed by atoms with Crippen molar-refractivity contribution in [3.8, 4) is 0 Å². The standard InChI is InChI=1S/C12H9Cl2N3O2/c1-6(18)11-9(5-15-17-11)16-12(19)10-7(13)3-2-4-8(10)14/h2-5H,1H3,(H,15,17)(H,16,19). The molecule has 0 saturated heterocycles. The van der Waals surface area contributed by atoms with E-state index in [9.17, 15) is 9.59 Å². The van der Waals surface area contributed by atoms with E-state index in [2.05, 4.69) is 15.5 Å². The summed E-state index contributed by atoms with van der Waals surface area (Å²) in [5, 5.41) is 9.24. The molecule has 0 aliphatic heterocycles. The maximum atomic E-state index is 12.1. The van der Waals surface area contributed by atoms with Gasteiger partial charge in [0.05, 0.1) is 27.5 Å². The highest BCUT2D eigenvalue weighted by Crippen LogP contribution is 2.25. The second-order valence-electron chi connectivity index (χ2n) is 3.77. The Kier molecular flexibility index (Phi) is 3.87. The zero-order valence-corrected chi connectivity index (χ0v) is 11.3. The van der Waals surface area contributed by atoms with Crippen LogP contribution in [0.4, 0.5) is 5.69 Å². The number of carbonyl (C=O) groups is 2. The van der Waals surface area contributed by atoms with E-state index >= 15 is 0 Å². The first-order chi connectivity index (χ1) is 9.00. The van der Waals surface area contributed by atoms with Crippen LogP contribution in [0.25, 0.3) is 0 Å². The predicted octanol–water partition coefficient (Wildman–Crippen LogP) is 3.17. The van der Waals surface area contributed by atoms with Gasteiger partial charge in [0, 0.05) is 6.92 Å². The first kappa shape index (κ1) is 13.6. The lowest BCUT2D eigenvalue weighted by molar-refractivity contribution is 0.101. The predicted molar refractivity (Wildman–Crippen MR) is 73.0 cm³/mol. The van der Waals surface area contributed by atoms with E-state index in [1.807, 2.05) is 0 Å². The van der Waals surface area contributed by atoms with Crippen molar-refractivity contribution in [2.24, 2.45) is 0 Å². The number of halogens is 2. The van der Waals surface area contributed by atoms with E-state index in [4.69, 9.17) is 23.2 Å².